The molecule has 0 saturated carbocycles. The fraction of sp³-hybridized carbons (Fsp3) is 0.575. The first kappa shape index (κ1) is 73.8. The molecule has 0 heterocycles. The average molecular weight is 1090 g/mol. The number of esters is 3. The van der Waals surface area contributed by atoms with Crippen molar-refractivity contribution in [1.29, 1.82) is 0 Å². The second-order valence-corrected chi connectivity index (χ2v) is 20.2. The maximum atomic E-state index is 12.8. The molecular formula is C73H114O6. The van der Waals surface area contributed by atoms with Gasteiger partial charge in [-0.05, 0) is 135 Å². The molecule has 0 aromatic rings. The number of rotatable bonds is 55. The minimum absolute atomic E-state index is 0.108. The van der Waals surface area contributed by atoms with E-state index in [4.69, 9.17) is 14.2 Å². The van der Waals surface area contributed by atoms with Crippen LogP contribution >= 0.6 is 0 Å². The lowest BCUT2D eigenvalue weighted by Gasteiger charge is -2.18. The molecule has 0 aromatic heterocycles. The van der Waals surface area contributed by atoms with Gasteiger partial charge >= 0.3 is 17.9 Å². The highest BCUT2D eigenvalue weighted by molar-refractivity contribution is 5.71. The summed E-state index contributed by atoms with van der Waals surface area (Å²) < 4.78 is 16.8. The van der Waals surface area contributed by atoms with Crippen LogP contribution in [0.4, 0.5) is 0 Å². The second kappa shape index (κ2) is 65.3. The van der Waals surface area contributed by atoms with Crippen LogP contribution in [0, 0.1) is 0 Å². The van der Waals surface area contributed by atoms with Crippen molar-refractivity contribution in [2.24, 2.45) is 0 Å². The fourth-order valence-corrected chi connectivity index (χ4v) is 8.05. The third kappa shape index (κ3) is 63.5. The standard InChI is InChI=1S/C73H114O6/c1-4-7-10-13-16-19-22-24-26-27-28-29-30-31-32-33-34-35-36-37-38-39-40-41-42-43-44-45-47-48-51-54-57-60-63-66-72(75)78-69-70(68-77-71(74)65-62-59-56-53-50-21-18-15-12-9-6-3)79-73(76)67-64-61-58-55-52-49-46-25-23-20-17-14-11-8-5-2/h7-8,10-11,16-17,19-20,24-26,28-29,31-32,34-35,37-38,40-41,43-44,46-48,52,55,70H,4-6,9,12-15,18,21-23,27,30,33,36,39,42,45,49-51,53-54,56-69H2,1-3H3/b10-7-,11-8-,19-16-,20-17-,26-24-,29-28-,32-31-,35-34-,38-37-,41-40-,44-43-,46-25-,48-47-,55-52-. The largest absolute Gasteiger partial charge is 0.462 e. The third-order valence-corrected chi connectivity index (χ3v) is 12.7. The maximum Gasteiger partial charge on any atom is 0.306 e. The van der Waals surface area contributed by atoms with Gasteiger partial charge in [0.1, 0.15) is 13.2 Å². The molecule has 0 rings (SSSR count). The minimum atomic E-state index is -0.817. The highest BCUT2D eigenvalue weighted by Crippen LogP contribution is 2.14. The Morgan fingerprint density at radius 1 is 0.266 bits per heavy atom. The Kier molecular flexibility index (Phi) is 61.0. The number of hydrogen-bond acceptors (Lipinski definition) is 6. The number of carbonyl (C=O) groups is 3. The van der Waals surface area contributed by atoms with Gasteiger partial charge < -0.3 is 14.2 Å². The molecule has 1 unspecified atom stereocenters. The molecule has 0 aliphatic rings. The highest BCUT2D eigenvalue weighted by atomic mass is 16.6. The van der Waals surface area contributed by atoms with Gasteiger partial charge in [-0.1, -0.05) is 268 Å². The van der Waals surface area contributed by atoms with Crippen LogP contribution in [0.1, 0.15) is 252 Å². The molecule has 6 heteroatoms. The zero-order valence-electron chi connectivity index (χ0n) is 50.6. The van der Waals surface area contributed by atoms with E-state index in [1.807, 2.05) is 0 Å². The molecule has 0 N–H and O–H groups in total. The number of ether oxygens (including phenoxy) is 3. The topological polar surface area (TPSA) is 78.9 Å². The van der Waals surface area contributed by atoms with Crippen molar-refractivity contribution in [3.63, 3.8) is 0 Å². The van der Waals surface area contributed by atoms with Gasteiger partial charge in [0.25, 0.3) is 0 Å². The third-order valence-electron chi connectivity index (χ3n) is 12.7. The first-order chi connectivity index (χ1) is 39.0. The molecule has 1 atom stereocenters. The van der Waals surface area contributed by atoms with E-state index in [9.17, 15) is 14.4 Å². The first-order valence-electron chi connectivity index (χ1n) is 31.6. The smallest absolute Gasteiger partial charge is 0.306 e. The Morgan fingerprint density at radius 3 is 0.797 bits per heavy atom. The van der Waals surface area contributed by atoms with Gasteiger partial charge in [-0.25, -0.2) is 0 Å². The van der Waals surface area contributed by atoms with Gasteiger partial charge in [-0.3, -0.25) is 14.4 Å². The van der Waals surface area contributed by atoms with E-state index in [0.29, 0.717) is 19.3 Å². The SMILES string of the molecule is CC/C=C\C/C=C\C/C=C\C/C=C\C/C=C\C/C=C\C/C=C\C/C=C\C/C=C\C/C=C\CCCCCCC(=O)OCC(COC(=O)CCCCCCCCCCCCC)OC(=O)CCCC/C=C\C/C=C\C/C=C\C/C=C\CC. The van der Waals surface area contributed by atoms with Crippen LogP contribution in [-0.2, 0) is 28.6 Å². The molecule has 0 spiro atoms. The van der Waals surface area contributed by atoms with Gasteiger partial charge in [-0.15, -0.1) is 0 Å². The average Bonchev–Trinajstić information content (AvgIpc) is 3.45. The van der Waals surface area contributed by atoms with Crippen LogP contribution in [0.25, 0.3) is 0 Å². The van der Waals surface area contributed by atoms with Crippen LogP contribution in [0.3, 0.4) is 0 Å². The van der Waals surface area contributed by atoms with Crippen molar-refractivity contribution in [3.05, 3.63) is 170 Å². The molecule has 442 valence electrons. The van der Waals surface area contributed by atoms with Gasteiger partial charge in [0.05, 0.1) is 0 Å². The maximum absolute atomic E-state index is 12.8. The molecule has 0 saturated heterocycles. The molecule has 0 amide bonds. The summed E-state index contributed by atoms with van der Waals surface area (Å²) in [6.45, 7) is 6.33. The van der Waals surface area contributed by atoms with Crippen molar-refractivity contribution >= 4 is 17.9 Å². The summed E-state index contributed by atoms with van der Waals surface area (Å²) in [5.41, 5.74) is 0. The zero-order valence-corrected chi connectivity index (χ0v) is 50.6. The predicted molar refractivity (Wildman–Crippen MR) is 343 cm³/mol. The van der Waals surface area contributed by atoms with Crippen molar-refractivity contribution in [3.8, 4) is 0 Å². The van der Waals surface area contributed by atoms with Crippen molar-refractivity contribution in [2.75, 3.05) is 13.2 Å². The second-order valence-electron chi connectivity index (χ2n) is 20.2. The summed E-state index contributed by atoms with van der Waals surface area (Å²) in [5.74, 6) is -0.984. The van der Waals surface area contributed by atoms with Crippen LogP contribution in [-0.4, -0.2) is 37.2 Å². The summed E-state index contributed by atoms with van der Waals surface area (Å²) in [6, 6.07) is 0. The highest BCUT2D eigenvalue weighted by Gasteiger charge is 2.19. The van der Waals surface area contributed by atoms with Crippen LogP contribution in [0.5, 0.6) is 0 Å². The van der Waals surface area contributed by atoms with Crippen molar-refractivity contribution in [2.45, 2.75) is 258 Å². The molecule has 0 fully saturated rings. The molecule has 6 nitrogen and oxygen atoms in total. The first-order valence-corrected chi connectivity index (χ1v) is 31.6. The molecular weight excluding hydrogens is 973 g/mol. The number of allylic oxidation sites excluding steroid dienone is 28. The van der Waals surface area contributed by atoms with Crippen LogP contribution in [0.2, 0.25) is 0 Å². The number of unbranched alkanes of at least 4 members (excludes halogenated alkanes) is 16. The molecule has 0 bridgehead atoms. The van der Waals surface area contributed by atoms with Gasteiger partial charge in [-0.2, -0.15) is 0 Å². The Morgan fingerprint density at radius 2 is 0.494 bits per heavy atom. The van der Waals surface area contributed by atoms with Gasteiger partial charge in [0.15, 0.2) is 6.10 Å². The van der Waals surface area contributed by atoms with E-state index in [-0.39, 0.29) is 37.5 Å². The van der Waals surface area contributed by atoms with Crippen LogP contribution in [0.15, 0.2) is 170 Å². The van der Waals surface area contributed by atoms with E-state index >= 15 is 0 Å². The number of hydrogen-bond donors (Lipinski definition) is 0. The molecule has 0 radical (unpaired) electrons. The van der Waals surface area contributed by atoms with E-state index in [2.05, 4.69) is 191 Å². The Bertz CT molecular complexity index is 1820. The molecule has 0 aliphatic carbocycles. The monoisotopic (exact) mass is 1090 g/mol. The molecule has 79 heavy (non-hydrogen) atoms. The minimum Gasteiger partial charge on any atom is -0.462 e. The van der Waals surface area contributed by atoms with E-state index < -0.39 is 6.10 Å². The lowest BCUT2D eigenvalue weighted by Crippen LogP contribution is -2.30. The van der Waals surface area contributed by atoms with E-state index in [1.54, 1.807) is 0 Å². The summed E-state index contributed by atoms with van der Waals surface area (Å²) in [7, 11) is 0. The summed E-state index contributed by atoms with van der Waals surface area (Å²) in [5, 5.41) is 0. The van der Waals surface area contributed by atoms with Crippen molar-refractivity contribution < 1.29 is 28.6 Å². The Balaban J connectivity index is 4.33. The number of carbonyl (C=O) groups excluding carboxylic acids is 3. The lowest BCUT2D eigenvalue weighted by atomic mass is 10.1. The van der Waals surface area contributed by atoms with Crippen molar-refractivity contribution in [1.82, 2.24) is 0 Å². The van der Waals surface area contributed by atoms with Gasteiger partial charge in [0, 0.05) is 19.3 Å². The van der Waals surface area contributed by atoms with E-state index in [0.717, 1.165) is 154 Å². The van der Waals surface area contributed by atoms with E-state index in [1.165, 1.54) is 51.4 Å². The van der Waals surface area contributed by atoms with Crippen LogP contribution < -0.4 is 0 Å². The van der Waals surface area contributed by atoms with Gasteiger partial charge in [0.2, 0.25) is 0 Å². The predicted octanol–water partition coefficient (Wildman–Crippen LogP) is 21.9. The Hall–Kier alpha value is -5.23. The zero-order chi connectivity index (χ0) is 57.1. The molecule has 0 aromatic carbocycles. The summed E-state index contributed by atoms with van der Waals surface area (Å²) in [6.07, 6.45) is 96.5. The normalized spacial score (nSPS) is 13.3. The molecule has 0 aliphatic heterocycles. The Labute approximate surface area is 485 Å². The fourth-order valence-electron chi connectivity index (χ4n) is 8.05. The quantitative estimate of drug-likeness (QED) is 0.0261. The summed E-state index contributed by atoms with van der Waals surface area (Å²) in [4.78, 5) is 38.1. The lowest BCUT2D eigenvalue weighted by molar-refractivity contribution is -0.167. The summed E-state index contributed by atoms with van der Waals surface area (Å²) >= 11 is 0.